The molecule has 0 heterocycles. The maximum absolute atomic E-state index is 5.14. The molecule has 2 unspecified atom stereocenters. The van der Waals surface area contributed by atoms with Crippen LogP contribution in [0, 0.1) is 11.3 Å². The lowest BCUT2D eigenvalue weighted by atomic mass is 9.68. The van der Waals surface area contributed by atoms with Crippen molar-refractivity contribution in [2.45, 2.75) is 39.2 Å². The van der Waals surface area contributed by atoms with Crippen molar-refractivity contribution in [2.75, 3.05) is 40.9 Å². The fraction of sp³-hybridized carbons (Fsp3) is 1.00. The van der Waals surface area contributed by atoms with Gasteiger partial charge in [0.2, 0.25) is 0 Å². The molecule has 0 aromatic carbocycles. The molecule has 0 aromatic heterocycles. The van der Waals surface area contributed by atoms with Crippen LogP contribution in [0.15, 0.2) is 0 Å². The standard InChI is InChI=1S/C14H30N2O/c1-14(2)8-6-7-12(13(14)15-3)11-16(4)9-10-17-5/h12-13,15H,6-11H2,1-5H3. The van der Waals surface area contributed by atoms with Gasteiger partial charge in [-0.1, -0.05) is 20.3 Å². The number of hydrogen-bond donors (Lipinski definition) is 1. The van der Waals surface area contributed by atoms with Gasteiger partial charge in [-0.15, -0.1) is 0 Å². The molecular weight excluding hydrogens is 212 g/mol. The van der Waals surface area contributed by atoms with E-state index in [1.54, 1.807) is 7.11 Å². The van der Waals surface area contributed by atoms with Gasteiger partial charge in [-0.25, -0.2) is 0 Å². The number of rotatable bonds is 6. The van der Waals surface area contributed by atoms with Crippen molar-refractivity contribution in [3.8, 4) is 0 Å². The van der Waals surface area contributed by atoms with Gasteiger partial charge in [0.1, 0.15) is 0 Å². The highest BCUT2D eigenvalue weighted by molar-refractivity contribution is 4.93. The molecule has 0 radical (unpaired) electrons. The van der Waals surface area contributed by atoms with Crippen molar-refractivity contribution >= 4 is 0 Å². The normalized spacial score (nSPS) is 28.6. The van der Waals surface area contributed by atoms with Gasteiger partial charge in [-0.05, 0) is 38.3 Å². The molecular formula is C14H30N2O. The summed E-state index contributed by atoms with van der Waals surface area (Å²) in [5.74, 6) is 0.769. The molecule has 1 saturated carbocycles. The third-order valence-corrected chi connectivity index (χ3v) is 4.24. The van der Waals surface area contributed by atoms with Crippen LogP contribution < -0.4 is 5.32 Å². The molecule has 0 bridgehead atoms. The van der Waals surface area contributed by atoms with Crippen molar-refractivity contribution < 1.29 is 4.74 Å². The smallest absolute Gasteiger partial charge is 0.0589 e. The summed E-state index contributed by atoms with van der Waals surface area (Å²) in [5.41, 5.74) is 0.430. The molecule has 2 atom stereocenters. The van der Waals surface area contributed by atoms with Crippen molar-refractivity contribution in [3.05, 3.63) is 0 Å². The SMILES string of the molecule is CNC1C(CN(C)CCOC)CCCC1(C)C. The van der Waals surface area contributed by atoms with E-state index < -0.39 is 0 Å². The van der Waals surface area contributed by atoms with E-state index in [4.69, 9.17) is 4.74 Å². The fourth-order valence-corrected chi connectivity index (χ4v) is 3.34. The largest absolute Gasteiger partial charge is 0.383 e. The molecule has 3 heteroatoms. The van der Waals surface area contributed by atoms with Crippen LogP contribution in [-0.4, -0.2) is 51.8 Å². The lowest BCUT2D eigenvalue weighted by molar-refractivity contribution is 0.0808. The van der Waals surface area contributed by atoms with Crippen LogP contribution in [0.25, 0.3) is 0 Å². The Balaban J connectivity index is 2.50. The highest BCUT2D eigenvalue weighted by atomic mass is 16.5. The number of ether oxygens (including phenoxy) is 1. The van der Waals surface area contributed by atoms with Gasteiger partial charge in [0.15, 0.2) is 0 Å². The topological polar surface area (TPSA) is 24.5 Å². The lowest BCUT2D eigenvalue weighted by Crippen LogP contribution is -2.51. The molecule has 17 heavy (non-hydrogen) atoms. The van der Waals surface area contributed by atoms with Gasteiger partial charge in [0.05, 0.1) is 6.61 Å². The second kappa shape index (κ2) is 6.72. The first-order valence-corrected chi connectivity index (χ1v) is 6.86. The number of methoxy groups -OCH3 is 1. The van der Waals surface area contributed by atoms with Crippen LogP contribution >= 0.6 is 0 Å². The van der Waals surface area contributed by atoms with E-state index in [1.807, 2.05) is 0 Å². The summed E-state index contributed by atoms with van der Waals surface area (Å²) in [5, 5.41) is 3.55. The molecule has 0 spiro atoms. The monoisotopic (exact) mass is 242 g/mol. The fourth-order valence-electron chi connectivity index (χ4n) is 3.34. The molecule has 1 fully saturated rings. The van der Waals surface area contributed by atoms with Gasteiger partial charge >= 0.3 is 0 Å². The first kappa shape index (κ1) is 14.9. The zero-order valence-corrected chi connectivity index (χ0v) is 12.3. The third-order valence-electron chi connectivity index (χ3n) is 4.24. The first-order valence-electron chi connectivity index (χ1n) is 6.86. The zero-order chi connectivity index (χ0) is 12.9. The Labute approximate surface area is 107 Å². The summed E-state index contributed by atoms with van der Waals surface area (Å²) in [7, 11) is 6.08. The second-order valence-corrected chi connectivity index (χ2v) is 6.16. The maximum atomic E-state index is 5.14. The van der Waals surface area contributed by atoms with Crippen LogP contribution in [0.2, 0.25) is 0 Å². The number of nitrogens with one attached hydrogen (secondary N) is 1. The molecule has 1 aliphatic carbocycles. The average Bonchev–Trinajstić information content (AvgIpc) is 2.25. The van der Waals surface area contributed by atoms with E-state index in [1.165, 1.54) is 25.8 Å². The summed E-state index contributed by atoms with van der Waals surface area (Å²) in [4.78, 5) is 2.40. The minimum absolute atomic E-state index is 0.430. The predicted octanol–water partition coefficient (Wildman–Crippen LogP) is 1.98. The predicted molar refractivity (Wildman–Crippen MR) is 73.3 cm³/mol. The molecule has 3 nitrogen and oxygen atoms in total. The van der Waals surface area contributed by atoms with Crippen molar-refractivity contribution in [2.24, 2.45) is 11.3 Å². The highest BCUT2D eigenvalue weighted by Gasteiger charge is 2.37. The summed E-state index contributed by atoms with van der Waals surface area (Å²) >= 11 is 0. The molecule has 102 valence electrons. The van der Waals surface area contributed by atoms with Crippen molar-refractivity contribution in [3.63, 3.8) is 0 Å². The molecule has 0 saturated heterocycles. The van der Waals surface area contributed by atoms with Crippen LogP contribution in [0.1, 0.15) is 33.1 Å². The zero-order valence-electron chi connectivity index (χ0n) is 12.3. The Kier molecular flexibility index (Phi) is 5.90. The molecule has 0 aliphatic heterocycles. The van der Waals surface area contributed by atoms with Crippen molar-refractivity contribution in [1.29, 1.82) is 0 Å². The summed E-state index contributed by atoms with van der Waals surface area (Å²) in [6.07, 6.45) is 4.07. The van der Waals surface area contributed by atoms with Gasteiger partial charge in [0, 0.05) is 26.2 Å². The number of hydrogen-bond acceptors (Lipinski definition) is 3. The van der Waals surface area contributed by atoms with E-state index in [-0.39, 0.29) is 0 Å². The quantitative estimate of drug-likeness (QED) is 0.771. The molecule has 1 aliphatic rings. The Morgan fingerprint density at radius 1 is 1.41 bits per heavy atom. The Morgan fingerprint density at radius 3 is 2.71 bits per heavy atom. The number of likely N-dealkylation sites (N-methyl/N-ethyl adjacent to an activating group) is 1. The van der Waals surface area contributed by atoms with Gasteiger partial charge in [-0.2, -0.15) is 0 Å². The summed E-state index contributed by atoms with van der Waals surface area (Å²) in [6.45, 7) is 7.84. The average molecular weight is 242 g/mol. The van der Waals surface area contributed by atoms with Crippen molar-refractivity contribution in [1.82, 2.24) is 10.2 Å². The van der Waals surface area contributed by atoms with E-state index in [0.29, 0.717) is 11.5 Å². The first-order chi connectivity index (χ1) is 8.01. The Bertz CT molecular complexity index is 218. The van der Waals surface area contributed by atoms with Crippen LogP contribution in [0.3, 0.4) is 0 Å². The Hall–Kier alpha value is -0.120. The van der Waals surface area contributed by atoms with E-state index in [9.17, 15) is 0 Å². The van der Waals surface area contributed by atoms with Crippen LogP contribution in [-0.2, 0) is 4.74 Å². The van der Waals surface area contributed by atoms with Gasteiger partial charge in [-0.3, -0.25) is 0 Å². The van der Waals surface area contributed by atoms with Crippen LogP contribution in [0.4, 0.5) is 0 Å². The molecule has 1 N–H and O–H groups in total. The lowest BCUT2D eigenvalue weighted by Gasteiger charge is -2.45. The van der Waals surface area contributed by atoms with Gasteiger partial charge in [0.25, 0.3) is 0 Å². The Morgan fingerprint density at radius 2 is 2.12 bits per heavy atom. The molecule has 0 aromatic rings. The molecule has 1 rings (SSSR count). The second-order valence-electron chi connectivity index (χ2n) is 6.16. The summed E-state index contributed by atoms with van der Waals surface area (Å²) < 4.78 is 5.14. The van der Waals surface area contributed by atoms with Gasteiger partial charge < -0.3 is 15.0 Å². The minimum atomic E-state index is 0.430. The minimum Gasteiger partial charge on any atom is -0.383 e. The third kappa shape index (κ3) is 4.23. The number of nitrogens with zero attached hydrogens (tertiary/aromatic N) is 1. The maximum Gasteiger partial charge on any atom is 0.0589 e. The van der Waals surface area contributed by atoms with E-state index in [0.717, 1.165) is 19.1 Å². The van der Waals surface area contributed by atoms with E-state index >= 15 is 0 Å². The highest BCUT2D eigenvalue weighted by Crippen LogP contribution is 2.38. The van der Waals surface area contributed by atoms with E-state index in [2.05, 4.69) is 38.2 Å². The summed E-state index contributed by atoms with van der Waals surface area (Å²) in [6, 6.07) is 0.640. The van der Waals surface area contributed by atoms with Crippen LogP contribution in [0.5, 0.6) is 0 Å². The molecule has 0 amide bonds.